The van der Waals surface area contributed by atoms with Gasteiger partial charge < -0.3 is 19.3 Å². The Bertz CT molecular complexity index is 1050. The van der Waals surface area contributed by atoms with Crippen LogP contribution >= 0.6 is 11.3 Å². The lowest BCUT2D eigenvalue weighted by molar-refractivity contribution is -0.158. The minimum atomic E-state index is -4.42. The highest BCUT2D eigenvalue weighted by Gasteiger charge is 2.54. The summed E-state index contributed by atoms with van der Waals surface area (Å²) in [7, 11) is 3.15. The highest BCUT2D eigenvalue weighted by atomic mass is 32.1. The van der Waals surface area contributed by atoms with Gasteiger partial charge in [-0.15, -0.1) is 17.8 Å². The van der Waals surface area contributed by atoms with Crippen LogP contribution in [0.5, 0.6) is 11.5 Å². The summed E-state index contributed by atoms with van der Waals surface area (Å²) in [6, 6.07) is 6.21. The quantitative estimate of drug-likeness (QED) is 0.653. The van der Waals surface area contributed by atoms with Gasteiger partial charge in [0.05, 0.1) is 33.5 Å². The fraction of sp³-hybridized carbons (Fsp3) is 0.500. The van der Waals surface area contributed by atoms with Crippen molar-refractivity contribution >= 4 is 11.3 Å². The van der Waals surface area contributed by atoms with Gasteiger partial charge in [-0.1, -0.05) is 12.0 Å². The first-order valence-electron chi connectivity index (χ1n) is 10.6. The van der Waals surface area contributed by atoms with Crippen LogP contribution in [0.1, 0.15) is 27.3 Å². The van der Waals surface area contributed by atoms with E-state index in [2.05, 4.69) is 5.92 Å². The number of likely N-dealkylation sites (tertiary alicyclic amines) is 1. The van der Waals surface area contributed by atoms with Crippen molar-refractivity contribution in [2.45, 2.75) is 37.2 Å². The summed E-state index contributed by atoms with van der Waals surface area (Å²) < 4.78 is 57.3. The van der Waals surface area contributed by atoms with Gasteiger partial charge in [0.1, 0.15) is 22.0 Å². The average molecular weight is 482 g/mol. The highest BCUT2D eigenvalue weighted by Crippen LogP contribution is 2.52. The molecule has 0 bridgehead atoms. The van der Waals surface area contributed by atoms with Crippen LogP contribution in [-0.2, 0) is 29.5 Å². The van der Waals surface area contributed by atoms with Gasteiger partial charge in [-0.3, -0.25) is 4.90 Å². The first-order valence-corrected chi connectivity index (χ1v) is 11.4. The molecule has 1 fully saturated rings. The number of alkyl halides is 3. The van der Waals surface area contributed by atoms with Gasteiger partial charge in [0.2, 0.25) is 0 Å². The maximum atomic E-state index is 13.4. The number of halogens is 3. The number of aliphatic hydroxyl groups is 1. The molecule has 1 N–H and O–H groups in total. The van der Waals surface area contributed by atoms with E-state index in [9.17, 15) is 18.3 Å². The van der Waals surface area contributed by atoms with Crippen molar-refractivity contribution in [1.82, 2.24) is 4.90 Å². The third kappa shape index (κ3) is 4.21. The van der Waals surface area contributed by atoms with Crippen LogP contribution in [0.4, 0.5) is 13.2 Å². The largest absolute Gasteiger partial charge is 0.497 e. The molecule has 0 amide bonds. The smallest absolute Gasteiger partial charge is 0.425 e. The third-order valence-electron chi connectivity index (χ3n) is 6.58. The number of thiophene rings is 1. The molecular weight excluding hydrogens is 455 g/mol. The maximum absolute atomic E-state index is 13.4. The molecule has 3 heterocycles. The molecule has 1 saturated heterocycles. The van der Waals surface area contributed by atoms with E-state index >= 15 is 0 Å². The van der Waals surface area contributed by atoms with Crippen molar-refractivity contribution < 1.29 is 32.5 Å². The average Bonchev–Trinajstić information content (AvgIpc) is 3.26. The lowest BCUT2D eigenvalue weighted by Gasteiger charge is -2.51. The molecule has 2 aliphatic heterocycles. The molecule has 33 heavy (non-hydrogen) atoms. The number of methoxy groups -OCH3 is 2. The van der Waals surface area contributed by atoms with Crippen LogP contribution in [0.3, 0.4) is 0 Å². The van der Waals surface area contributed by atoms with Gasteiger partial charge in [0.15, 0.2) is 0 Å². The van der Waals surface area contributed by atoms with E-state index < -0.39 is 28.6 Å². The Balaban J connectivity index is 1.67. The summed E-state index contributed by atoms with van der Waals surface area (Å²) in [6.07, 6.45) is 2.35. The first kappa shape index (κ1) is 23.9. The Morgan fingerprint density at radius 1 is 1.30 bits per heavy atom. The molecule has 2 aliphatic rings. The molecule has 2 unspecified atom stereocenters. The topological polar surface area (TPSA) is 51.2 Å². The van der Waals surface area contributed by atoms with Crippen LogP contribution in [-0.4, -0.2) is 50.0 Å². The number of terminal acetylenes is 1. The van der Waals surface area contributed by atoms with Gasteiger partial charge in [-0.05, 0) is 30.5 Å². The SMILES string of the molecule is C#C[C@@H]1C(CO)C2(CCN1Cc1ccc(OC)cc1OC)OCCc1cc(C(F)(F)F)sc12. The molecule has 178 valence electrons. The summed E-state index contributed by atoms with van der Waals surface area (Å²) >= 11 is 0.713. The van der Waals surface area contributed by atoms with Crippen LogP contribution in [0.2, 0.25) is 0 Å². The summed E-state index contributed by atoms with van der Waals surface area (Å²) in [5.41, 5.74) is 0.499. The molecule has 1 spiro atoms. The van der Waals surface area contributed by atoms with Gasteiger partial charge >= 0.3 is 6.18 Å². The van der Waals surface area contributed by atoms with Gasteiger partial charge in [-0.2, -0.15) is 13.2 Å². The molecule has 0 aliphatic carbocycles. The number of piperidine rings is 1. The third-order valence-corrected chi connectivity index (χ3v) is 7.96. The molecule has 5 nitrogen and oxygen atoms in total. The lowest BCUT2D eigenvalue weighted by Crippen LogP contribution is -2.58. The fourth-order valence-electron chi connectivity index (χ4n) is 4.97. The number of benzene rings is 1. The summed E-state index contributed by atoms with van der Waals surface area (Å²) in [4.78, 5) is 1.95. The van der Waals surface area contributed by atoms with Crippen LogP contribution in [0, 0.1) is 18.3 Å². The lowest BCUT2D eigenvalue weighted by atomic mass is 9.73. The van der Waals surface area contributed by atoms with Gasteiger partial charge in [-0.25, -0.2) is 0 Å². The Morgan fingerprint density at radius 3 is 2.73 bits per heavy atom. The molecule has 1 aromatic carbocycles. The summed E-state index contributed by atoms with van der Waals surface area (Å²) in [5.74, 6) is 3.52. The van der Waals surface area contributed by atoms with Gasteiger partial charge in [0, 0.05) is 35.5 Å². The number of hydrogen-bond donors (Lipinski definition) is 1. The van der Waals surface area contributed by atoms with Crippen LogP contribution < -0.4 is 9.47 Å². The van der Waals surface area contributed by atoms with Crippen LogP contribution in [0.25, 0.3) is 0 Å². The predicted molar refractivity (Wildman–Crippen MR) is 118 cm³/mol. The second-order valence-electron chi connectivity index (χ2n) is 8.25. The molecule has 0 radical (unpaired) electrons. The zero-order valence-electron chi connectivity index (χ0n) is 18.4. The normalized spacial score (nSPS) is 25.5. The van der Waals surface area contributed by atoms with E-state index in [1.54, 1.807) is 20.3 Å². The monoisotopic (exact) mass is 481 g/mol. The molecule has 0 saturated carbocycles. The van der Waals surface area contributed by atoms with Crippen molar-refractivity contribution in [3.8, 4) is 23.8 Å². The van der Waals surface area contributed by atoms with E-state index in [1.807, 2.05) is 17.0 Å². The van der Waals surface area contributed by atoms with E-state index in [-0.39, 0.29) is 6.61 Å². The van der Waals surface area contributed by atoms with E-state index in [4.69, 9.17) is 20.6 Å². The van der Waals surface area contributed by atoms with Gasteiger partial charge in [0.25, 0.3) is 0 Å². The van der Waals surface area contributed by atoms with E-state index in [0.29, 0.717) is 65.8 Å². The number of nitrogens with zero attached hydrogens (tertiary/aromatic N) is 1. The molecule has 4 rings (SSSR count). The number of fused-ring (bicyclic) bond motifs is 2. The van der Waals surface area contributed by atoms with E-state index in [1.165, 1.54) is 6.07 Å². The minimum absolute atomic E-state index is 0.293. The molecule has 2 aromatic rings. The predicted octanol–water partition coefficient (Wildman–Crippen LogP) is 4.07. The zero-order valence-corrected chi connectivity index (χ0v) is 19.3. The van der Waals surface area contributed by atoms with Crippen molar-refractivity contribution in [1.29, 1.82) is 0 Å². The molecule has 9 heteroatoms. The molecule has 1 aromatic heterocycles. The zero-order chi connectivity index (χ0) is 23.8. The van der Waals surface area contributed by atoms with Crippen molar-refractivity contribution in [3.05, 3.63) is 45.1 Å². The second kappa shape index (κ2) is 9.18. The Kier molecular flexibility index (Phi) is 6.65. The Hall–Kier alpha value is -2.25. The Labute approximate surface area is 195 Å². The van der Waals surface area contributed by atoms with Crippen LogP contribution in [0.15, 0.2) is 24.3 Å². The van der Waals surface area contributed by atoms with Crippen molar-refractivity contribution in [2.75, 3.05) is 34.0 Å². The molecule has 3 atom stereocenters. The maximum Gasteiger partial charge on any atom is 0.425 e. The first-order chi connectivity index (χ1) is 15.8. The number of hydrogen-bond acceptors (Lipinski definition) is 6. The molecular formula is C24H26F3NO4S. The summed E-state index contributed by atoms with van der Waals surface area (Å²) in [5, 5.41) is 10.4. The number of rotatable bonds is 5. The highest BCUT2D eigenvalue weighted by molar-refractivity contribution is 7.12. The number of ether oxygens (including phenoxy) is 3. The Morgan fingerprint density at radius 2 is 2.09 bits per heavy atom. The fourth-order valence-corrected chi connectivity index (χ4v) is 6.29. The van der Waals surface area contributed by atoms with Crippen molar-refractivity contribution in [3.63, 3.8) is 0 Å². The van der Waals surface area contributed by atoms with Crippen molar-refractivity contribution in [2.24, 2.45) is 5.92 Å². The standard InChI is InChI=1S/C24H26F3NO4S/c1-4-19-18(14-29)23(22-15(7-10-32-23)11-21(33-22)24(25,26)27)8-9-28(19)13-16-5-6-17(30-2)12-20(16)31-3/h1,5-6,11-12,18-19,29H,7-10,13-14H2,2-3H3/t18?,19-,23?/m1/s1. The summed E-state index contributed by atoms with van der Waals surface area (Å²) in [6.45, 7) is 0.948. The van der Waals surface area contributed by atoms with E-state index in [0.717, 1.165) is 5.56 Å². The minimum Gasteiger partial charge on any atom is -0.497 e. The second-order valence-corrected chi connectivity index (χ2v) is 9.30. The number of aliphatic hydroxyl groups excluding tert-OH is 1.